The smallest absolute Gasteiger partial charge is 0.175 e. The molecule has 21 heavy (non-hydrogen) atoms. The van der Waals surface area contributed by atoms with Crippen LogP contribution in [0.3, 0.4) is 0 Å². The maximum absolute atomic E-state index is 11.4. The van der Waals surface area contributed by atoms with Crippen molar-refractivity contribution >= 4 is 9.84 Å². The molecule has 1 heterocycles. The molecule has 1 aromatic carbocycles. The molecule has 6 heteroatoms. The highest BCUT2D eigenvalue weighted by Gasteiger charge is 2.09. The number of aryl methyl sites for hydroxylation is 1. The third-order valence-electron chi connectivity index (χ3n) is 3.36. The van der Waals surface area contributed by atoms with E-state index in [1.807, 2.05) is 36.1 Å². The van der Waals surface area contributed by atoms with Crippen LogP contribution in [0.15, 0.2) is 41.6 Å². The van der Waals surface area contributed by atoms with Crippen LogP contribution in [0.2, 0.25) is 0 Å². The van der Waals surface area contributed by atoms with Gasteiger partial charge in [-0.05, 0) is 37.1 Å². The summed E-state index contributed by atoms with van der Waals surface area (Å²) in [6.45, 7) is 5.68. The Morgan fingerprint density at radius 1 is 1.29 bits per heavy atom. The summed E-state index contributed by atoms with van der Waals surface area (Å²) < 4.78 is 24.7. The summed E-state index contributed by atoms with van der Waals surface area (Å²) in [6, 6.07) is 7.17. The SMILES string of the molecule is Cc1cnn(CCNC(C)c2ccc(S(C)(=O)=O)cc2)c1. The molecule has 0 saturated heterocycles. The topological polar surface area (TPSA) is 64.0 Å². The first kappa shape index (κ1) is 15.7. The van der Waals surface area contributed by atoms with E-state index in [0.29, 0.717) is 4.90 Å². The number of nitrogens with zero attached hydrogens (tertiary/aromatic N) is 2. The molecule has 0 radical (unpaired) electrons. The normalized spacial score (nSPS) is 13.3. The van der Waals surface area contributed by atoms with Gasteiger partial charge in [-0.1, -0.05) is 12.1 Å². The molecular formula is C15H21N3O2S. The van der Waals surface area contributed by atoms with E-state index in [2.05, 4.69) is 17.3 Å². The van der Waals surface area contributed by atoms with Crippen LogP contribution in [-0.2, 0) is 16.4 Å². The van der Waals surface area contributed by atoms with Crippen LogP contribution < -0.4 is 5.32 Å². The van der Waals surface area contributed by atoms with Gasteiger partial charge in [0, 0.05) is 25.0 Å². The number of hydrogen-bond acceptors (Lipinski definition) is 4. The molecule has 0 fully saturated rings. The number of rotatable bonds is 6. The highest BCUT2D eigenvalue weighted by atomic mass is 32.2. The van der Waals surface area contributed by atoms with Gasteiger partial charge in [0.1, 0.15) is 0 Å². The van der Waals surface area contributed by atoms with Gasteiger partial charge in [0.05, 0.1) is 17.6 Å². The number of nitrogens with one attached hydrogen (secondary N) is 1. The molecule has 114 valence electrons. The van der Waals surface area contributed by atoms with Crippen LogP contribution in [-0.4, -0.2) is 31.0 Å². The summed E-state index contributed by atoms with van der Waals surface area (Å²) in [7, 11) is -3.13. The predicted octanol–water partition coefficient (Wildman–Crippen LogP) is 1.95. The van der Waals surface area contributed by atoms with Crippen molar-refractivity contribution in [2.45, 2.75) is 31.3 Å². The molecule has 1 N–H and O–H groups in total. The standard InChI is InChI=1S/C15H21N3O2S/c1-12-10-17-18(11-12)9-8-16-13(2)14-4-6-15(7-5-14)21(3,19)20/h4-7,10-11,13,16H,8-9H2,1-3H3. The van der Waals surface area contributed by atoms with Gasteiger partial charge in [0.15, 0.2) is 9.84 Å². The average molecular weight is 307 g/mol. The third kappa shape index (κ3) is 4.41. The molecule has 2 aromatic rings. The number of aromatic nitrogens is 2. The van der Waals surface area contributed by atoms with Crippen LogP contribution in [0.1, 0.15) is 24.1 Å². The van der Waals surface area contributed by atoms with Gasteiger partial charge in [-0.25, -0.2) is 8.42 Å². The van der Waals surface area contributed by atoms with Gasteiger partial charge in [0.25, 0.3) is 0 Å². The molecule has 0 saturated carbocycles. The summed E-state index contributed by atoms with van der Waals surface area (Å²) in [6.07, 6.45) is 5.07. The van der Waals surface area contributed by atoms with Crippen LogP contribution in [0.4, 0.5) is 0 Å². The van der Waals surface area contributed by atoms with Crippen LogP contribution in [0, 0.1) is 6.92 Å². The molecule has 2 rings (SSSR count). The first-order chi connectivity index (χ1) is 9.86. The van der Waals surface area contributed by atoms with Crippen molar-refractivity contribution in [2.24, 2.45) is 0 Å². The Labute approximate surface area is 125 Å². The van der Waals surface area contributed by atoms with E-state index < -0.39 is 9.84 Å². The van der Waals surface area contributed by atoms with E-state index in [0.717, 1.165) is 24.2 Å². The zero-order chi connectivity index (χ0) is 15.5. The zero-order valence-corrected chi connectivity index (χ0v) is 13.4. The van der Waals surface area contributed by atoms with Crippen molar-refractivity contribution in [3.05, 3.63) is 47.8 Å². The summed E-state index contributed by atoms with van der Waals surface area (Å²) in [4.78, 5) is 0.352. The molecule has 1 atom stereocenters. The molecule has 0 bridgehead atoms. The van der Waals surface area contributed by atoms with Gasteiger partial charge in [-0.2, -0.15) is 5.10 Å². The minimum Gasteiger partial charge on any atom is -0.308 e. The maximum atomic E-state index is 11.4. The monoisotopic (exact) mass is 307 g/mol. The zero-order valence-electron chi connectivity index (χ0n) is 12.6. The van der Waals surface area contributed by atoms with Crippen molar-refractivity contribution < 1.29 is 8.42 Å². The van der Waals surface area contributed by atoms with Gasteiger partial charge in [-0.3, -0.25) is 4.68 Å². The fraction of sp³-hybridized carbons (Fsp3) is 0.400. The van der Waals surface area contributed by atoms with Gasteiger partial charge in [-0.15, -0.1) is 0 Å². The molecule has 0 amide bonds. The van der Waals surface area contributed by atoms with Crippen LogP contribution in [0.5, 0.6) is 0 Å². The molecule has 0 aliphatic carbocycles. The highest BCUT2D eigenvalue weighted by molar-refractivity contribution is 7.90. The van der Waals surface area contributed by atoms with E-state index in [1.165, 1.54) is 6.26 Å². The van der Waals surface area contributed by atoms with Gasteiger partial charge in [0.2, 0.25) is 0 Å². The van der Waals surface area contributed by atoms with Crippen molar-refractivity contribution in [1.82, 2.24) is 15.1 Å². The summed E-state index contributed by atoms with van der Waals surface area (Å²) >= 11 is 0. The van der Waals surface area contributed by atoms with Gasteiger partial charge >= 0.3 is 0 Å². The fourth-order valence-electron chi connectivity index (χ4n) is 2.11. The largest absolute Gasteiger partial charge is 0.308 e. The Morgan fingerprint density at radius 3 is 2.48 bits per heavy atom. The highest BCUT2D eigenvalue weighted by Crippen LogP contribution is 2.16. The van der Waals surface area contributed by atoms with E-state index in [4.69, 9.17) is 0 Å². The molecule has 5 nitrogen and oxygen atoms in total. The maximum Gasteiger partial charge on any atom is 0.175 e. The van der Waals surface area contributed by atoms with E-state index in [1.54, 1.807) is 12.1 Å². The summed E-state index contributed by atoms with van der Waals surface area (Å²) in [5.41, 5.74) is 2.22. The second-order valence-electron chi connectivity index (χ2n) is 5.30. The number of hydrogen-bond donors (Lipinski definition) is 1. The molecule has 1 unspecified atom stereocenters. The number of sulfone groups is 1. The average Bonchev–Trinajstić information content (AvgIpc) is 2.83. The Kier molecular flexibility index (Phi) is 4.80. The van der Waals surface area contributed by atoms with Crippen molar-refractivity contribution in [1.29, 1.82) is 0 Å². The predicted molar refractivity (Wildman–Crippen MR) is 82.9 cm³/mol. The van der Waals surface area contributed by atoms with Gasteiger partial charge < -0.3 is 5.32 Å². The summed E-state index contributed by atoms with van der Waals surface area (Å²) in [5, 5.41) is 7.64. The quantitative estimate of drug-likeness (QED) is 0.886. The third-order valence-corrected chi connectivity index (χ3v) is 4.49. The van der Waals surface area contributed by atoms with E-state index in [9.17, 15) is 8.42 Å². The Morgan fingerprint density at radius 2 is 1.95 bits per heavy atom. The molecular weight excluding hydrogens is 286 g/mol. The van der Waals surface area contributed by atoms with E-state index >= 15 is 0 Å². The second kappa shape index (κ2) is 6.41. The summed E-state index contributed by atoms with van der Waals surface area (Å²) in [5.74, 6) is 0. The first-order valence-electron chi connectivity index (χ1n) is 6.89. The molecule has 0 spiro atoms. The lowest BCUT2D eigenvalue weighted by Gasteiger charge is -2.14. The lowest BCUT2D eigenvalue weighted by Crippen LogP contribution is -2.23. The Balaban J connectivity index is 1.89. The van der Waals surface area contributed by atoms with Crippen LogP contribution >= 0.6 is 0 Å². The Bertz CT molecular complexity index is 690. The fourth-order valence-corrected chi connectivity index (χ4v) is 2.74. The second-order valence-corrected chi connectivity index (χ2v) is 7.31. The van der Waals surface area contributed by atoms with Crippen molar-refractivity contribution in [3.63, 3.8) is 0 Å². The molecule has 0 aliphatic heterocycles. The lowest BCUT2D eigenvalue weighted by atomic mass is 10.1. The lowest BCUT2D eigenvalue weighted by molar-refractivity contribution is 0.507. The minimum absolute atomic E-state index is 0.162. The van der Waals surface area contributed by atoms with Crippen molar-refractivity contribution in [3.8, 4) is 0 Å². The Hall–Kier alpha value is -1.66. The van der Waals surface area contributed by atoms with Crippen molar-refractivity contribution in [2.75, 3.05) is 12.8 Å². The van der Waals surface area contributed by atoms with Crippen LogP contribution in [0.25, 0.3) is 0 Å². The number of benzene rings is 1. The van der Waals surface area contributed by atoms with E-state index in [-0.39, 0.29) is 6.04 Å². The first-order valence-corrected chi connectivity index (χ1v) is 8.78. The minimum atomic E-state index is -3.13. The molecule has 0 aliphatic rings. The molecule has 1 aromatic heterocycles.